The quantitative estimate of drug-likeness (QED) is 0.391. The van der Waals surface area contributed by atoms with Crippen LogP contribution in [0.15, 0.2) is 65.7 Å². The maximum absolute atomic E-state index is 14.1. The van der Waals surface area contributed by atoms with Crippen LogP contribution in [-0.2, 0) is 16.4 Å². The van der Waals surface area contributed by atoms with E-state index in [1.807, 2.05) is 13.0 Å². The third-order valence-electron chi connectivity index (χ3n) is 5.06. The summed E-state index contributed by atoms with van der Waals surface area (Å²) in [5.41, 5.74) is 2.10. The molecule has 5 nitrogen and oxygen atoms in total. The Bertz CT molecular complexity index is 1420. The molecule has 1 aromatic heterocycles. The van der Waals surface area contributed by atoms with Gasteiger partial charge in [0.1, 0.15) is 5.82 Å². The minimum atomic E-state index is -3.95. The van der Waals surface area contributed by atoms with Crippen LogP contribution in [0.4, 0.5) is 4.39 Å². The lowest BCUT2D eigenvalue weighted by molar-refractivity contribution is 0.0989. The van der Waals surface area contributed by atoms with Crippen LogP contribution in [0.5, 0.6) is 0 Å². The molecule has 0 aliphatic carbocycles. The summed E-state index contributed by atoms with van der Waals surface area (Å²) in [6.07, 6.45) is 1.32. The molecule has 31 heavy (non-hydrogen) atoms. The van der Waals surface area contributed by atoms with Crippen molar-refractivity contribution < 1.29 is 17.6 Å². The minimum Gasteiger partial charge on any atom is -0.294 e. The highest BCUT2D eigenvalue weighted by Crippen LogP contribution is 2.26. The van der Waals surface area contributed by atoms with Crippen molar-refractivity contribution >= 4 is 38.3 Å². The fourth-order valence-corrected chi connectivity index (χ4v) is 5.31. The van der Waals surface area contributed by atoms with Crippen LogP contribution in [0.3, 0.4) is 0 Å². The molecule has 8 heteroatoms. The summed E-state index contributed by atoms with van der Waals surface area (Å²) < 4.78 is 41.6. The maximum Gasteiger partial charge on any atom is 0.283 e. The third kappa shape index (κ3) is 3.86. The van der Waals surface area contributed by atoms with E-state index in [1.54, 1.807) is 37.3 Å². The molecule has 4 aromatic rings. The number of ketones is 1. The molecule has 0 saturated carbocycles. The predicted octanol–water partition coefficient (Wildman–Crippen LogP) is 5.11. The second-order valence-corrected chi connectivity index (χ2v) is 9.49. The van der Waals surface area contributed by atoms with Gasteiger partial charge in [0.15, 0.2) is 5.78 Å². The van der Waals surface area contributed by atoms with Crippen molar-refractivity contribution in [2.45, 2.75) is 25.2 Å². The fourth-order valence-electron chi connectivity index (χ4n) is 3.46. The van der Waals surface area contributed by atoms with E-state index in [0.29, 0.717) is 22.0 Å². The molecule has 0 amide bonds. The van der Waals surface area contributed by atoms with E-state index in [-0.39, 0.29) is 21.9 Å². The number of aryl methyl sites for hydroxylation is 2. The van der Waals surface area contributed by atoms with Gasteiger partial charge in [0.25, 0.3) is 10.0 Å². The number of aromatic nitrogens is 2. The van der Waals surface area contributed by atoms with E-state index < -0.39 is 21.6 Å². The largest absolute Gasteiger partial charge is 0.294 e. The highest BCUT2D eigenvalue weighted by Gasteiger charge is 2.23. The number of Topliss-reactive ketones (excluding diaryl/α,β-unsaturated/α-hetero) is 1. The standard InChI is InChI=1S/C23H18ClFN2O3S/c1-14-6-7-15(2)22(10-14)31(29,30)27-20-11-16(8-9-17(20)13-26-27)12-21(28)23-18(24)4-3-5-19(23)25/h3-11,13H,12H2,1-2H3. The summed E-state index contributed by atoms with van der Waals surface area (Å²) >= 11 is 5.99. The van der Waals surface area contributed by atoms with Gasteiger partial charge >= 0.3 is 0 Å². The molecule has 3 aromatic carbocycles. The molecule has 0 aliphatic heterocycles. The van der Waals surface area contributed by atoms with E-state index in [9.17, 15) is 17.6 Å². The second-order valence-electron chi connectivity index (χ2n) is 7.35. The number of hydrogen-bond acceptors (Lipinski definition) is 4. The van der Waals surface area contributed by atoms with Crippen molar-refractivity contribution in [3.8, 4) is 0 Å². The highest BCUT2D eigenvalue weighted by atomic mass is 35.5. The zero-order valence-electron chi connectivity index (χ0n) is 16.8. The van der Waals surface area contributed by atoms with Gasteiger partial charge in [0, 0.05) is 11.8 Å². The van der Waals surface area contributed by atoms with E-state index in [1.165, 1.54) is 24.4 Å². The molecule has 0 spiro atoms. The topological polar surface area (TPSA) is 69.0 Å². The zero-order chi connectivity index (χ0) is 22.3. The van der Waals surface area contributed by atoms with Crippen molar-refractivity contribution in [2.75, 3.05) is 0 Å². The number of nitrogens with zero attached hydrogens (tertiary/aromatic N) is 2. The summed E-state index contributed by atoms with van der Waals surface area (Å²) in [5, 5.41) is 4.72. The monoisotopic (exact) mass is 456 g/mol. The number of benzene rings is 3. The Balaban J connectivity index is 1.76. The molecule has 0 fully saturated rings. The van der Waals surface area contributed by atoms with Crippen molar-refractivity contribution in [3.05, 3.63) is 93.9 Å². The number of rotatable bonds is 5. The molecule has 0 N–H and O–H groups in total. The van der Waals surface area contributed by atoms with Crippen LogP contribution in [0.25, 0.3) is 10.9 Å². The first-order valence-electron chi connectivity index (χ1n) is 9.45. The summed E-state index contributed by atoms with van der Waals surface area (Å²) in [5.74, 6) is -1.19. The molecule has 1 heterocycles. The summed E-state index contributed by atoms with van der Waals surface area (Å²) in [6.45, 7) is 3.54. The SMILES string of the molecule is Cc1ccc(C)c(S(=O)(=O)n2ncc3ccc(CC(=O)c4c(F)cccc4Cl)cc32)c1. The first kappa shape index (κ1) is 21.2. The lowest BCUT2D eigenvalue weighted by Crippen LogP contribution is -2.16. The Morgan fingerprint density at radius 1 is 1.10 bits per heavy atom. The Morgan fingerprint density at radius 2 is 1.87 bits per heavy atom. The maximum atomic E-state index is 14.1. The summed E-state index contributed by atoms with van der Waals surface area (Å²) in [7, 11) is -3.95. The van der Waals surface area contributed by atoms with Crippen molar-refractivity contribution in [1.29, 1.82) is 0 Å². The van der Waals surface area contributed by atoms with Crippen LogP contribution < -0.4 is 0 Å². The van der Waals surface area contributed by atoms with Gasteiger partial charge in [0.2, 0.25) is 0 Å². The van der Waals surface area contributed by atoms with Crippen LogP contribution in [0.2, 0.25) is 5.02 Å². The van der Waals surface area contributed by atoms with E-state index >= 15 is 0 Å². The average Bonchev–Trinajstić information content (AvgIpc) is 3.13. The predicted molar refractivity (Wildman–Crippen MR) is 118 cm³/mol. The van der Waals surface area contributed by atoms with Gasteiger partial charge in [-0.25, -0.2) is 4.39 Å². The number of hydrogen-bond donors (Lipinski definition) is 0. The molecule has 4 rings (SSSR count). The first-order chi connectivity index (χ1) is 14.7. The normalized spacial score (nSPS) is 11.7. The molecular formula is C23H18ClFN2O3S. The lowest BCUT2D eigenvalue weighted by atomic mass is 10.0. The second kappa shape index (κ2) is 7.90. The van der Waals surface area contributed by atoms with Gasteiger partial charge in [-0.05, 0) is 54.8 Å². The molecule has 158 valence electrons. The van der Waals surface area contributed by atoms with Crippen LogP contribution >= 0.6 is 11.6 Å². The van der Waals surface area contributed by atoms with Gasteiger partial charge < -0.3 is 0 Å². The van der Waals surface area contributed by atoms with Crippen molar-refractivity contribution in [1.82, 2.24) is 9.19 Å². The highest BCUT2D eigenvalue weighted by molar-refractivity contribution is 7.90. The smallest absolute Gasteiger partial charge is 0.283 e. The van der Waals surface area contributed by atoms with E-state index in [0.717, 1.165) is 9.65 Å². The van der Waals surface area contributed by atoms with Crippen molar-refractivity contribution in [3.63, 3.8) is 0 Å². The number of fused-ring (bicyclic) bond motifs is 1. The number of halogens is 2. The molecule has 0 bridgehead atoms. The Kier molecular flexibility index (Phi) is 5.41. The third-order valence-corrected chi connectivity index (χ3v) is 7.12. The van der Waals surface area contributed by atoms with Crippen LogP contribution in [0, 0.1) is 19.7 Å². The van der Waals surface area contributed by atoms with Gasteiger partial charge in [-0.3, -0.25) is 4.79 Å². The van der Waals surface area contributed by atoms with Gasteiger partial charge in [0.05, 0.1) is 27.2 Å². The minimum absolute atomic E-state index is 0.0358. The van der Waals surface area contributed by atoms with Gasteiger partial charge in [-0.15, -0.1) is 0 Å². The Labute approximate surface area is 184 Å². The fraction of sp³-hybridized carbons (Fsp3) is 0.130. The average molecular weight is 457 g/mol. The van der Waals surface area contributed by atoms with E-state index in [4.69, 9.17) is 11.6 Å². The lowest BCUT2D eigenvalue weighted by Gasteiger charge is -2.10. The summed E-state index contributed by atoms with van der Waals surface area (Å²) in [4.78, 5) is 12.8. The summed E-state index contributed by atoms with van der Waals surface area (Å²) in [6, 6.07) is 14.2. The van der Waals surface area contributed by atoms with Gasteiger partial charge in [-0.2, -0.15) is 17.6 Å². The Morgan fingerprint density at radius 3 is 2.61 bits per heavy atom. The van der Waals surface area contributed by atoms with Crippen molar-refractivity contribution in [2.24, 2.45) is 0 Å². The van der Waals surface area contributed by atoms with Crippen LogP contribution in [0.1, 0.15) is 27.0 Å². The molecular weight excluding hydrogens is 439 g/mol. The Hall–Kier alpha value is -3.03. The molecule has 0 atom stereocenters. The van der Waals surface area contributed by atoms with Crippen LogP contribution in [-0.4, -0.2) is 23.4 Å². The molecule has 0 aliphatic rings. The van der Waals surface area contributed by atoms with E-state index in [2.05, 4.69) is 5.10 Å². The number of carbonyl (C=O) groups is 1. The van der Waals surface area contributed by atoms with Gasteiger partial charge in [-0.1, -0.05) is 41.9 Å². The molecule has 0 radical (unpaired) electrons. The molecule has 0 unspecified atom stereocenters. The molecule has 0 saturated heterocycles. The zero-order valence-corrected chi connectivity index (χ0v) is 18.3. The number of carbonyl (C=O) groups excluding carboxylic acids is 1. The first-order valence-corrected chi connectivity index (χ1v) is 11.3.